The van der Waals surface area contributed by atoms with Crippen molar-refractivity contribution in [3.63, 3.8) is 0 Å². The number of amides is 12. The summed E-state index contributed by atoms with van der Waals surface area (Å²) in [6, 6.07) is -18.6. The van der Waals surface area contributed by atoms with E-state index in [4.69, 9.17) is 10.5 Å². The Labute approximate surface area is 575 Å². The van der Waals surface area contributed by atoms with Crippen molar-refractivity contribution in [2.24, 2.45) is 41.2 Å². The maximum Gasteiger partial charge on any atom is 0.329 e. The Bertz CT molecular complexity index is 2690. The van der Waals surface area contributed by atoms with E-state index < -0.39 is 218 Å². The zero-order valence-corrected chi connectivity index (χ0v) is 59.6. The minimum atomic E-state index is -2.18. The number of carboxylic acid groups (broad SMARTS) is 2. The lowest BCUT2D eigenvalue weighted by atomic mass is 9.98. The van der Waals surface area contributed by atoms with Crippen LogP contribution < -0.4 is 64.2 Å². The van der Waals surface area contributed by atoms with Crippen molar-refractivity contribution in [3.8, 4) is 0 Å². The molecule has 1 aliphatic rings. The molecule has 558 valence electrons. The second-order valence-electron chi connectivity index (χ2n) is 27.9. The molecular formula is C66H114N12O20. The molecule has 12 amide bonds. The molecule has 1 fully saturated rings. The van der Waals surface area contributed by atoms with Crippen LogP contribution in [0.3, 0.4) is 0 Å². The van der Waals surface area contributed by atoms with Gasteiger partial charge in [-0.2, -0.15) is 0 Å². The number of carbonyl (C=O) groups is 15. The van der Waals surface area contributed by atoms with Crippen LogP contribution in [0.15, 0.2) is 0 Å². The molecule has 0 saturated carbocycles. The van der Waals surface area contributed by atoms with Crippen LogP contribution in [0.4, 0.5) is 0 Å². The number of cyclic esters (lactones) is 1. The molecule has 13 atom stereocenters. The first kappa shape index (κ1) is 88.0. The highest BCUT2D eigenvalue weighted by Gasteiger charge is 2.41. The van der Waals surface area contributed by atoms with Crippen molar-refractivity contribution >= 4 is 88.8 Å². The SMILES string of the molecule is CCCCCCC[C@H](O)CC(=O)N[C@H](CC(C)C)C(=O)N[C@H](CC(=O)O)C(=O)N[C@H]1C(=O)N[C@H](CC(C)C)C(=O)N[C@H](CC(C)C)C(=O)N[C@H](CO)C(=O)N[C@@H](CC(C)C)C(=O)N[C@H](CCC(N)=O)C(=O)N[C@@H](CC(C)C)C(=O)N[C@@H](C(C)C)C(=O)N[C@@H](CCC(=O)O)C(=O)O[C@@H]1C. The molecule has 17 N–H and O–H groups in total. The predicted octanol–water partition coefficient (Wildman–Crippen LogP) is -0.140. The third-order valence-electron chi connectivity index (χ3n) is 15.8. The fraction of sp³-hybridized carbons (Fsp3) is 0.773. The van der Waals surface area contributed by atoms with Gasteiger partial charge in [-0.05, 0) is 93.8 Å². The number of nitrogens with two attached hydrogens (primary N) is 1. The second-order valence-corrected chi connectivity index (χ2v) is 27.9. The second kappa shape index (κ2) is 44.8. The van der Waals surface area contributed by atoms with Gasteiger partial charge in [-0.25, -0.2) is 4.79 Å². The number of esters is 1. The van der Waals surface area contributed by atoms with Crippen molar-refractivity contribution in [1.29, 1.82) is 0 Å². The molecule has 0 aromatic rings. The van der Waals surface area contributed by atoms with Gasteiger partial charge in [-0.1, -0.05) is 122 Å². The number of carboxylic acids is 2. The number of primary amides is 1. The molecule has 0 aliphatic carbocycles. The highest BCUT2D eigenvalue weighted by atomic mass is 16.5. The summed E-state index contributed by atoms with van der Waals surface area (Å²) in [4.78, 5) is 209. The largest absolute Gasteiger partial charge is 0.481 e. The Morgan fingerprint density at radius 2 is 0.918 bits per heavy atom. The third-order valence-corrected chi connectivity index (χ3v) is 15.8. The average Bonchev–Trinajstić information content (AvgIpc) is 0.861. The predicted molar refractivity (Wildman–Crippen MR) is 358 cm³/mol. The Morgan fingerprint density at radius 3 is 1.36 bits per heavy atom. The number of aliphatic hydroxyl groups is 2. The van der Waals surface area contributed by atoms with E-state index in [0.29, 0.717) is 12.8 Å². The number of aliphatic hydroxyl groups excluding tert-OH is 2. The average molecular weight is 1400 g/mol. The van der Waals surface area contributed by atoms with Crippen LogP contribution in [0.1, 0.15) is 206 Å². The van der Waals surface area contributed by atoms with E-state index in [2.05, 4.69) is 65.4 Å². The topological polar surface area (TPSA) is 505 Å². The van der Waals surface area contributed by atoms with E-state index in [0.717, 1.165) is 32.6 Å². The van der Waals surface area contributed by atoms with Crippen molar-refractivity contribution in [1.82, 2.24) is 58.5 Å². The molecule has 0 radical (unpaired) electrons. The standard InChI is InChI=1S/C66H114N12O20/c1-15-16-17-18-19-20-40(80)30-51(82)68-43(25-33(2)3)57(88)74-48(31-53(85)86)62(93)78-55-39(14)98-66(97)42(22-24-52(83)84)70-64(95)54(38(12)13)77-61(92)47(29-37(10)11)71-56(87)41(21-23-50(67)81)69-58(89)44(26-34(4)5)73-63(94)49(32-79)76-60(91)45(27-35(6)7)72-59(90)46(28-36(8)9)75-65(55)96/h33-49,54-55,79-80H,15-32H2,1-14H3,(H2,67,81)(H,68,82)(H,69,89)(H,70,95)(H,71,87)(H,72,90)(H,73,94)(H,74,88)(H,75,96)(H,76,91)(H,77,92)(H,78,93)(H,83,84)(H,85,86)/t39-,40+,41-,42+,43-,44+,45-,46-,47+,48-,49-,54+,55-/m1/s1. The van der Waals surface area contributed by atoms with Gasteiger partial charge in [-0.15, -0.1) is 0 Å². The number of hydrogen-bond donors (Lipinski definition) is 16. The zero-order valence-electron chi connectivity index (χ0n) is 59.6. The molecule has 1 saturated heterocycles. The Hall–Kier alpha value is -8.03. The molecule has 0 bridgehead atoms. The van der Waals surface area contributed by atoms with Gasteiger partial charge in [0.15, 0.2) is 0 Å². The normalized spacial score (nSPS) is 23.5. The molecule has 0 spiro atoms. The lowest BCUT2D eigenvalue weighted by Gasteiger charge is -2.31. The number of rotatable bonds is 33. The van der Waals surface area contributed by atoms with Gasteiger partial charge in [0.05, 0.1) is 25.6 Å². The first-order chi connectivity index (χ1) is 45.7. The van der Waals surface area contributed by atoms with Gasteiger partial charge in [0.1, 0.15) is 72.6 Å². The van der Waals surface area contributed by atoms with Crippen LogP contribution in [0, 0.1) is 35.5 Å². The fourth-order valence-electron chi connectivity index (χ4n) is 10.6. The highest BCUT2D eigenvalue weighted by molar-refractivity contribution is 6.00. The summed E-state index contributed by atoms with van der Waals surface area (Å²) >= 11 is 0. The number of nitrogens with one attached hydrogen (secondary N) is 11. The van der Waals surface area contributed by atoms with Crippen molar-refractivity contribution in [3.05, 3.63) is 0 Å². The molecule has 0 aromatic carbocycles. The molecule has 0 aromatic heterocycles. The molecule has 98 heavy (non-hydrogen) atoms. The van der Waals surface area contributed by atoms with Gasteiger partial charge in [-0.3, -0.25) is 67.1 Å². The molecule has 32 heteroatoms. The van der Waals surface area contributed by atoms with E-state index in [9.17, 15) is 92.3 Å². The smallest absolute Gasteiger partial charge is 0.329 e. The van der Waals surface area contributed by atoms with E-state index in [1.54, 1.807) is 69.2 Å². The lowest BCUT2D eigenvalue weighted by molar-refractivity contribution is -0.156. The lowest BCUT2D eigenvalue weighted by Crippen LogP contribution is -2.63. The maximum atomic E-state index is 15.0. The van der Waals surface area contributed by atoms with Gasteiger partial charge in [0.2, 0.25) is 70.9 Å². The summed E-state index contributed by atoms with van der Waals surface area (Å²) in [5.74, 6) is -19.6. The molecular weight excluding hydrogens is 1280 g/mol. The maximum absolute atomic E-state index is 15.0. The molecule has 32 nitrogen and oxygen atoms in total. The van der Waals surface area contributed by atoms with Crippen LogP contribution in [0.25, 0.3) is 0 Å². The fourth-order valence-corrected chi connectivity index (χ4v) is 10.6. The van der Waals surface area contributed by atoms with Gasteiger partial charge >= 0.3 is 17.9 Å². The quantitative estimate of drug-likeness (QED) is 0.0300. The van der Waals surface area contributed by atoms with Crippen molar-refractivity contribution < 1.29 is 97.1 Å². The van der Waals surface area contributed by atoms with Crippen LogP contribution in [0.5, 0.6) is 0 Å². The summed E-state index contributed by atoms with van der Waals surface area (Å²) in [6.07, 6.45) is -2.72. The van der Waals surface area contributed by atoms with Crippen LogP contribution >= 0.6 is 0 Å². The summed E-state index contributed by atoms with van der Waals surface area (Å²) in [5, 5.41) is 68.4. The molecule has 1 aliphatic heterocycles. The van der Waals surface area contributed by atoms with Gasteiger partial charge in [0, 0.05) is 12.8 Å². The number of hydrogen-bond acceptors (Lipinski definition) is 18. The molecule has 1 heterocycles. The Kier molecular flexibility index (Phi) is 40.2. The number of carbonyl (C=O) groups excluding carboxylic acids is 13. The first-order valence-corrected chi connectivity index (χ1v) is 34.2. The van der Waals surface area contributed by atoms with E-state index in [1.807, 2.05) is 0 Å². The van der Waals surface area contributed by atoms with Crippen molar-refractivity contribution in [2.45, 2.75) is 285 Å². The van der Waals surface area contributed by atoms with E-state index in [1.165, 1.54) is 13.8 Å². The molecule has 1 rings (SSSR count). The zero-order chi connectivity index (χ0) is 74.8. The summed E-state index contributed by atoms with van der Waals surface area (Å²) < 4.78 is 5.77. The van der Waals surface area contributed by atoms with E-state index >= 15 is 0 Å². The first-order valence-electron chi connectivity index (χ1n) is 34.2. The summed E-state index contributed by atoms with van der Waals surface area (Å²) in [6.45, 7) is 22.0. The minimum Gasteiger partial charge on any atom is -0.481 e. The number of ether oxygens (including phenoxy) is 1. The Morgan fingerprint density at radius 1 is 0.490 bits per heavy atom. The van der Waals surface area contributed by atoms with Gasteiger partial charge in [0.25, 0.3) is 0 Å². The van der Waals surface area contributed by atoms with Crippen molar-refractivity contribution in [2.75, 3.05) is 6.61 Å². The number of unbranched alkanes of at least 4 members (excludes halogenated alkanes) is 4. The van der Waals surface area contributed by atoms with Gasteiger partial charge < -0.3 is 89.4 Å². The molecule has 0 unspecified atom stereocenters. The Balaban J connectivity index is 4.34. The van der Waals surface area contributed by atoms with Crippen LogP contribution in [-0.4, -0.2) is 194 Å². The number of aliphatic carboxylic acids is 2. The highest BCUT2D eigenvalue weighted by Crippen LogP contribution is 2.17. The van der Waals surface area contributed by atoms with Crippen LogP contribution in [-0.2, 0) is 76.7 Å². The minimum absolute atomic E-state index is 0.0404. The summed E-state index contributed by atoms with van der Waals surface area (Å²) in [5.41, 5.74) is 5.47. The summed E-state index contributed by atoms with van der Waals surface area (Å²) in [7, 11) is 0. The monoisotopic (exact) mass is 1390 g/mol. The van der Waals surface area contributed by atoms with E-state index in [-0.39, 0.29) is 62.2 Å². The van der Waals surface area contributed by atoms with Crippen LogP contribution in [0.2, 0.25) is 0 Å². The third kappa shape index (κ3) is 34.5.